The number of fused-ring (bicyclic) bond motifs is 1. The first kappa shape index (κ1) is 13.1. The molecule has 5 heteroatoms. The number of hydrogen-bond acceptors (Lipinski definition) is 3. The van der Waals surface area contributed by atoms with E-state index in [0.29, 0.717) is 32.7 Å². The quantitative estimate of drug-likeness (QED) is 0.854. The lowest BCUT2D eigenvalue weighted by atomic mass is 10.2. The summed E-state index contributed by atoms with van der Waals surface area (Å²) >= 11 is 0. The summed E-state index contributed by atoms with van der Waals surface area (Å²) in [7, 11) is 0. The molecule has 106 valence electrons. The Bertz CT molecular complexity index is 608. The zero-order valence-electron chi connectivity index (χ0n) is 11.7. The Balaban J connectivity index is 1.63. The molecule has 1 aliphatic heterocycles. The van der Waals surface area contributed by atoms with Crippen LogP contribution < -0.4 is 0 Å². The van der Waals surface area contributed by atoms with Gasteiger partial charge in [0.1, 0.15) is 0 Å². The van der Waals surface area contributed by atoms with Gasteiger partial charge in [-0.05, 0) is 19.1 Å². The largest absolute Gasteiger partial charge is 0.375 e. The van der Waals surface area contributed by atoms with Crippen molar-refractivity contribution >= 4 is 16.9 Å². The average Bonchev–Trinajstić information content (AvgIpc) is 2.88. The Labute approximate surface area is 118 Å². The van der Waals surface area contributed by atoms with E-state index in [2.05, 4.69) is 4.98 Å². The maximum atomic E-state index is 12.2. The van der Waals surface area contributed by atoms with Crippen molar-refractivity contribution < 1.29 is 9.53 Å². The summed E-state index contributed by atoms with van der Waals surface area (Å²) in [5.41, 5.74) is 2.05. The Morgan fingerprint density at radius 3 is 3.15 bits per heavy atom. The number of aryl methyl sites for hydroxylation is 1. The molecule has 5 nitrogen and oxygen atoms in total. The van der Waals surface area contributed by atoms with Gasteiger partial charge in [-0.1, -0.05) is 12.1 Å². The minimum Gasteiger partial charge on any atom is -0.375 e. The summed E-state index contributed by atoms with van der Waals surface area (Å²) in [6.45, 7) is 4.71. The molecule has 1 unspecified atom stereocenters. The number of benzene rings is 1. The maximum absolute atomic E-state index is 12.2. The summed E-state index contributed by atoms with van der Waals surface area (Å²) in [5.74, 6) is 0.193. The molecule has 0 N–H and O–H groups in total. The molecule has 0 spiro atoms. The predicted octanol–water partition coefficient (Wildman–Crippen LogP) is 1.67. The number of imidazole rings is 1. The minimum atomic E-state index is 0.141. The monoisotopic (exact) mass is 273 g/mol. The van der Waals surface area contributed by atoms with Crippen LogP contribution >= 0.6 is 0 Å². The molecular weight excluding hydrogens is 254 g/mol. The van der Waals surface area contributed by atoms with Crippen LogP contribution in [0.25, 0.3) is 11.0 Å². The highest BCUT2D eigenvalue weighted by atomic mass is 16.5. The Morgan fingerprint density at radius 1 is 1.45 bits per heavy atom. The number of carbonyl (C=O) groups excluding carboxylic acids is 1. The first-order valence-corrected chi connectivity index (χ1v) is 7.03. The summed E-state index contributed by atoms with van der Waals surface area (Å²) in [5, 5.41) is 0. The predicted molar refractivity (Wildman–Crippen MR) is 76.3 cm³/mol. The van der Waals surface area contributed by atoms with Crippen molar-refractivity contribution in [3.8, 4) is 0 Å². The molecule has 1 atom stereocenters. The second-order valence-electron chi connectivity index (χ2n) is 5.20. The summed E-state index contributed by atoms with van der Waals surface area (Å²) in [4.78, 5) is 18.4. The lowest BCUT2D eigenvalue weighted by molar-refractivity contribution is -0.138. The highest BCUT2D eigenvalue weighted by molar-refractivity contribution is 5.77. The fourth-order valence-electron chi connectivity index (χ4n) is 2.61. The molecule has 2 aromatic rings. The van der Waals surface area contributed by atoms with Gasteiger partial charge < -0.3 is 14.2 Å². The smallest absolute Gasteiger partial charge is 0.224 e. The molecule has 1 fully saturated rings. The Morgan fingerprint density at radius 2 is 2.30 bits per heavy atom. The van der Waals surface area contributed by atoms with E-state index >= 15 is 0 Å². The number of morpholine rings is 1. The molecule has 3 rings (SSSR count). The van der Waals surface area contributed by atoms with Crippen molar-refractivity contribution in [3.05, 3.63) is 30.6 Å². The number of ether oxygens (including phenoxy) is 1. The van der Waals surface area contributed by atoms with E-state index in [1.807, 2.05) is 40.7 Å². The molecule has 1 aliphatic rings. The van der Waals surface area contributed by atoms with Crippen LogP contribution in [0.4, 0.5) is 0 Å². The van der Waals surface area contributed by atoms with Gasteiger partial charge in [0.15, 0.2) is 0 Å². The van der Waals surface area contributed by atoms with E-state index in [1.54, 1.807) is 6.33 Å². The van der Waals surface area contributed by atoms with Crippen LogP contribution in [-0.4, -0.2) is 46.2 Å². The number of hydrogen-bond donors (Lipinski definition) is 0. The van der Waals surface area contributed by atoms with Crippen LogP contribution in [0.3, 0.4) is 0 Å². The lowest BCUT2D eigenvalue weighted by Gasteiger charge is -2.31. The van der Waals surface area contributed by atoms with Crippen molar-refractivity contribution in [2.45, 2.75) is 26.0 Å². The van der Waals surface area contributed by atoms with E-state index < -0.39 is 0 Å². The molecule has 2 heterocycles. The first-order valence-electron chi connectivity index (χ1n) is 7.03. The second kappa shape index (κ2) is 5.63. The van der Waals surface area contributed by atoms with Gasteiger partial charge in [-0.2, -0.15) is 0 Å². The number of rotatable bonds is 3. The second-order valence-corrected chi connectivity index (χ2v) is 5.20. The normalized spacial score (nSPS) is 19.4. The third kappa shape index (κ3) is 2.67. The van der Waals surface area contributed by atoms with Crippen molar-refractivity contribution in [1.82, 2.24) is 14.5 Å². The Hall–Kier alpha value is -1.88. The van der Waals surface area contributed by atoms with E-state index in [1.165, 1.54) is 0 Å². The molecule has 1 aromatic carbocycles. The highest BCUT2D eigenvalue weighted by Gasteiger charge is 2.21. The maximum Gasteiger partial charge on any atom is 0.224 e. The number of amides is 1. The van der Waals surface area contributed by atoms with Gasteiger partial charge in [0.25, 0.3) is 0 Å². The van der Waals surface area contributed by atoms with Crippen molar-refractivity contribution in [1.29, 1.82) is 0 Å². The van der Waals surface area contributed by atoms with Crippen molar-refractivity contribution in [2.24, 2.45) is 0 Å². The van der Waals surface area contributed by atoms with Gasteiger partial charge in [0.2, 0.25) is 5.91 Å². The average molecular weight is 273 g/mol. The molecule has 0 aliphatic carbocycles. The topological polar surface area (TPSA) is 47.4 Å². The van der Waals surface area contributed by atoms with Crippen molar-refractivity contribution in [3.63, 3.8) is 0 Å². The van der Waals surface area contributed by atoms with Gasteiger partial charge in [0.05, 0.1) is 30.1 Å². The number of para-hydroxylation sites is 2. The summed E-state index contributed by atoms with van der Waals surface area (Å²) < 4.78 is 7.50. The minimum absolute atomic E-state index is 0.141. The van der Waals surface area contributed by atoms with Gasteiger partial charge in [-0.15, -0.1) is 0 Å². The van der Waals surface area contributed by atoms with Gasteiger partial charge in [-0.3, -0.25) is 4.79 Å². The van der Waals surface area contributed by atoms with Gasteiger partial charge in [0, 0.05) is 26.1 Å². The zero-order chi connectivity index (χ0) is 13.9. The standard InChI is InChI=1S/C15H19N3O2/c1-12-10-17(8-9-20-12)15(19)6-7-18-11-16-13-4-2-3-5-14(13)18/h2-5,11-12H,6-10H2,1H3. The molecular formula is C15H19N3O2. The fourth-order valence-corrected chi connectivity index (χ4v) is 2.61. The lowest BCUT2D eigenvalue weighted by Crippen LogP contribution is -2.44. The van der Waals surface area contributed by atoms with Crippen LogP contribution in [0.2, 0.25) is 0 Å². The van der Waals surface area contributed by atoms with Crippen LogP contribution in [0.15, 0.2) is 30.6 Å². The zero-order valence-corrected chi connectivity index (χ0v) is 11.7. The molecule has 20 heavy (non-hydrogen) atoms. The van der Waals surface area contributed by atoms with Gasteiger partial charge >= 0.3 is 0 Å². The van der Waals surface area contributed by atoms with Crippen LogP contribution in [0, 0.1) is 0 Å². The molecule has 0 radical (unpaired) electrons. The molecule has 1 aromatic heterocycles. The molecule has 1 amide bonds. The third-order valence-electron chi connectivity index (χ3n) is 3.69. The van der Waals surface area contributed by atoms with E-state index in [9.17, 15) is 4.79 Å². The summed E-state index contributed by atoms with van der Waals surface area (Å²) in [6.07, 6.45) is 2.45. The SMILES string of the molecule is CC1CN(C(=O)CCn2cnc3ccccc32)CCO1. The first-order chi connectivity index (χ1) is 9.74. The molecule has 0 saturated carbocycles. The molecule has 1 saturated heterocycles. The number of carbonyl (C=O) groups is 1. The highest BCUT2D eigenvalue weighted by Crippen LogP contribution is 2.13. The number of nitrogens with zero attached hydrogens (tertiary/aromatic N) is 3. The summed E-state index contributed by atoms with van der Waals surface area (Å²) in [6, 6.07) is 7.98. The van der Waals surface area contributed by atoms with Crippen LogP contribution in [-0.2, 0) is 16.1 Å². The van der Waals surface area contributed by atoms with E-state index in [4.69, 9.17) is 4.74 Å². The Kier molecular flexibility index (Phi) is 3.69. The third-order valence-corrected chi connectivity index (χ3v) is 3.69. The van der Waals surface area contributed by atoms with Gasteiger partial charge in [-0.25, -0.2) is 4.98 Å². The van der Waals surface area contributed by atoms with Crippen LogP contribution in [0.5, 0.6) is 0 Å². The number of aromatic nitrogens is 2. The van der Waals surface area contributed by atoms with E-state index in [-0.39, 0.29) is 12.0 Å². The molecule has 0 bridgehead atoms. The van der Waals surface area contributed by atoms with E-state index in [0.717, 1.165) is 11.0 Å². The van der Waals surface area contributed by atoms with Crippen LogP contribution in [0.1, 0.15) is 13.3 Å². The fraction of sp³-hybridized carbons (Fsp3) is 0.467. The van der Waals surface area contributed by atoms with Crippen molar-refractivity contribution in [2.75, 3.05) is 19.7 Å².